The van der Waals surface area contributed by atoms with Gasteiger partial charge in [-0.25, -0.2) is 14.8 Å². The summed E-state index contributed by atoms with van der Waals surface area (Å²) in [4.78, 5) is 49.7. The Balaban J connectivity index is 1.43. The fourth-order valence-electron chi connectivity index (χ4n) is 5.30. The predicted molar refractivity (Wildman–Crippen MR) is 120 cm³/mol. The summed E-state index contributed by atoms with van der Waals surface area (Å²) in [6.45, 7) is 3.44. The standard InChI is InChI=1S/C22H27N7O5/c1-21(2)8-14(30)28(18(21)33)9-12-15-22(27-19(23)26-15)16(31)13(10-29(22)20(24)25-12)34-17(32)11-6-4-3-5-7-11/h3-7,12-13,15-16,31H,8-10H2,1-2H3,(H2,24,25)(H3,23,26,27)/t12-,13-,15-,16-,22-/m0/s1. The maximum Gasteiger partial charge on any atom is 0.338 e. The van der Waals surface area contributed by atoms with Gasteiger partial charge in [-0.2, -0.15) is 0 Å². The van der Waals surface area contributed by atoms with Crippen molar-refractivity contribution in [3.8, 4) is 0 Å². The van der Waals surface area contributed by atoms with Crippen molar-refractivity contribution >= 4 is 29.7 Å². The molecule has 12 nitrogen and oxygen atoms in total. The molecule has 6 N–H and O–H groups in total. The summed E-state index contributed by atoms with van der Waals surface area (Å²) in [6.07, 6.45) is -2.12. The van der Waals surface area contributed by atoms with Gasteiger partial charge in [0.25, 0.3) is 0 Å². The van der Waals surface area contributed by atoms with Crippen LogP contribution in [-0.2, 0) is 14.3 Å². The number of aliphatic imine (C=N–C) groups is 2. The zero-order valence-corrected chi connectivity index (χ0v) is 18.8. The van der Waals surface area contributed by atoms with Crippen molar-refractivity contribution in [1.82, 2.24) is 15.1 Å². The molecule has 2 amide bonds. The molecule has 4 heterocycles. The molecule has 0 aliphatic carbocycles. The molecule has 4 aliphatic rings. The number of hydrogen-bond acceptors (Lipinski definition) is 11. The molecule has 1 aromatic carbocycles. The van der Waals surface area contributed by atoms with Gasteiger partial charge in [-0.3, -0.25) is 14.5 Å². The first-order chi connectivity index (χ1) is 16.0. The predicted octanol–water partition coefficient (Wildman–Crippen LogP) is -1.65. The highest BCUT2D eigenvalue weighted by Gasteiger charge is 2.66. The maximum absolute atomic E-state index is 12.8. The number of aliphatic hydroxyl groups excluding tert-OH is 1. The number of rotatable bonds is 4. The van der Waals surface area contributed by atoms with Crippen molar-refractivity contribution in [2.75, 3.05) is 13.1 Å². The van der Waals surface area contributed by atoms with Crippen LogP contribution in [0.5, 0.6) is 0 Å². The lowest BCUT2D eigenvalue weighted by Crippen LogP contribution is -2.73. The number of aliphatic hydroxyl groups is 1. The molecular formula is C22H27N7O5. The Morgan fingerprint density at radius 2 is 1.94 bits per heavy atom. The van der Waals surface area contributed by atoms with Crippen LogP contribution in [-0.4, -0.2) is 87.7 Å². The Hall–Kier alpha value is -3.67. The number of esters is 1. The smallest absolute Gasteiger partial charge is 0.338 e. The molecule has 0 saturated carbocycles. The van der Waals surface area contributed by atoms with Crippen LogP contribution in [0.2, 0.25) is 0 Å². The number of nitrogens with one attached hydrogen (secondary N) is 1. The van der Waals surface area contributed by atoms with Crippen molar-refractivity contribution in [3.05, 3.63) is 35.9 Å². The minimum atomic E-state index is -1.33. The Labute approximate surface area is 195 Å². The maximum atomic E-state index is 12.8. The number of amides is 2. The molecule has 0 aromatic heterocycles. The lowest BCUT2D eigenvalue weighted by molar-refractivity contribution is -0.141. The van der Waals surface area contributed by atoms with E-state index < -0.39 is 41.3 Å². The Kier molecular flexibility index (Phi) is 4.83. The van der Waals surface area contributed by atoms with Crippen LogP contribution in [0.15, 0.2) is 40.3 Å². The van der Waals surface area contributed by atoms with Gasteiger partial charge in [0, 0.05) is 6.42 Å². The van der Waals surface area contributed by atoms with E-state index in [1.807, 2.05) is 0 Å². The van der Waals surface area contributed by atoms with E-state index >= 15 is 0 Å². The van der Waals surface area contributed by atoms with Crippen molar-refractivity contribution in [3.63, 3.8) is 0 Å². The Bertz CT molecular complexity index is 1120. The summed E-state index contributed by atoms with van der Waals surface area (Å²) in [6, 6.07) is 6.91. The van der Waals surface area contributed by atoms with E-state index in [0.717, 1.165) is 0 Å². The average Bonchev–Trinajstić information content (AvgIpc) is 3.35. The van der Waals surface area contributed by atoms with Gasteiger partial charge in [0.05, 0.1) is 30.1 Å². The number of likely N-dealkylation sites (tertiary alicyclic amines) is 1. The third-order valence-corrected chi connectivity index (χ3v) is 6.96. The van der Waals surface area contributed by atoms with Crippen LogP contribution >= 0.6 is 0 Å². The molecule has 0 bridgehead atoms. The van der Waals surface area contributed by atoms with E-state index in [-0.39, 0.29) is 43.2 Å². The van der Waals surface area contributed by atoms with Gasteiger partial charge < -0.3 is 31.5 Å². The molecule has 2 fully saturated rings. The molecule has 2 saturated heterocycles. The molecule has 4 aliphatic heterocycles. The highest BCUT2D eigenvalue weighted by atomic mass is 16.6. The molecule has 1 aromatic rings. The van der Waals surface area contributed by atoms with E-state index in [2.05, 4.69) is 15.3 Å². The molecule has 0 unspecified atom stereocenters. The third-order valence-electron chi connectivity index (χ3n) is 6.96. The SMILES string of the molecule is CC1(C)CC(=O)N(C[C@@H]2N=C(N)N3C[C@H](OC(=O)c4ccccc4)[C@H](O)[C@@]34NC(N)=N[C@@H]24)C1=O. The summed E-state index contributed by atoms with van der Waals surface area (Å²) in [7, 11) is 0. The number of nitrogens with zero attached hydrogens (tertiary/aromatic N) is 4. The number of hydrogen-bond donors (Lipinski definition) is 4. The monoisotopic (exact) mass is 469 g/mol. The van der Waals surface area contributed by atoms with Crippen LogP contribution in [0.1, 0.15) is 30.6 Å². The quantitative estimate of drug-likeness (QED) is 0.297. The fourth-order valence-corrected chi connectivity index (χ4v) is 5.30. The number of carbonyl (C=O) groups is 3. The lowest BCUT2D eigenvalue weighted by atomic mass is 9.88. The van der Waals surface area contributed by atoms with Crippen molar-refractivity contribution < 1.29 is 24.2 Å². The summed E-state index contributed by atoms with van der Waals surface area (Å²) in [5.41, 5.74) is 10.5. The van der Waals surface area contributed by atoms with Crippen molar-refractivity contribution in [2.24, 2.45) is 26.9 Å². The molecule has 5 atom stereocenters. The normalized spacial score (nSPS) is 33.7. The molecule has 0 radical (unpaired) electrons. The average molecular weight is 470 g/mol. The van der Waals surface area contributed by atoms with Gasteiger partial charge in [0.2, 0.25) is 11.8 Å². The Morgan fingerprint density at radius 3 is 2.59 bits per heavy atom. The van der Waals surface area contributed by atoms with Crippen LogP contribution in [0.4, 0.5) is 0 Å². The summed E-state index contributed by atoms with van der Waals surface area (Å²) in [5, 5.41) is 14.4. The summed E-state index contributed by atoms with van der Waals surface area (Å²) in [5.74, 6) is -1.07. The fraction of sp³-hybridized carbons (Fsp3) is 0.500. The molecule has 180 valence electrons. The van der Waals surface area contributed by atoms with Gasteiger partial charge in [-0.05, 0) is 12.1 Å². The number of imide groups is 1. The number of benzene rings is 1. The lowest BCUT2D eigenvalue weighted by Gasteiger charge is -2.46. The van der Waals surface area contributed by atoms with Crippen molar-refractivity contribution in [2.45, 2.75) is 50.2 Å². The van der Waals surface area contributed by atoms with Gasteiger partial charge in [0.1, 0.15) is 18.2 Å². The first-order valence-corrected chi connectivity index (χ1v) is 11.1. The van der Waals surface area contributed by atoms with Gasteiger partial charge >= 0.3 is 5.97 Å². The van der Waals surface area contributed by atoms with E-state index in [4.69, 9.17) is 16.2 Å². The van der Waals surface area contributed by atoms with Crippen molar-refractivity contribution in [1.29, 1.82) is 0 Å². The van der Waals surface area contributed by atoms with Crippen LogP contribution in [0.3, 0.4) is 0 Å². The zero-order chi connectivity index (χ0) is 24.4. The van der Waals surface area contributed by atoms with Crippen LogP contribution in [0.25, 0.3) is 0 Å². The molecular weight excluding hydrogens is 442 g/mol. The molecule has 34 heavy (non-hydrogen) atoms. The minimum Gasteiger partial charge on any atom is -0.454 e. The van der Waals surface area contributed by atoms with Gasteiger partial charge in [-0.15, -0.1) is 0 Å². The second-order valence-electron chi connectivity index (χ2n) is 9.70. The second-order valence-corrected chi connectivity index (χ2v) is 9.70. The number of ether oxygens (including phenoxy) is 1. The van der Waals surface area contributed by atoms with Crippen LogP contribution < -0.4 is 16.8 Å². The van der Waals surface area contributed by atoms with Gasteiger partial charge in [0.15, 0.2) is 17.6 Å². The zero-order valence-electron chi connectivity index (χ0n) is 18.8. The topological polar surface area (TPSA) is 176 Å². The second kappa shape index (κ2) is 7.42. The number of guanidine groups is 2. The molecule has 1 spiro atoms. The first kappa shape index (κ1) is 22.1. The van der Waals surface area contributed by atoms with E-state index in [1.54, 1.807) is 49.1 Å². The minimum absolute atomic E-state index is 0.0539. The van der Waals surface area contributed by atoms with E-state index in [1.165, 1.54) is 4.90 Å². The van der Waals surface area contributed by atoms with E-state index in [9.17, 15) is 19.5 Å². The number of carbonyl (C=O) groups excluding carboxylic acids is 3. The third kappa shape index (κ3) is 3.12. The summed E-state index contributed by atoms with van der Waals surface area (Å²) >= 11 is 0. The van der Waals surface area contributed by atoms with E-state index in [0.29, 0.717) is 5.56 Å². The highest BCUT2D eigenvalue weighted by Crippen LogP contribution is 2.42. The Morgan fingerprint density at radius 1 is 1.24 bits per heavy atom. The first-order valence-electron chi connectivity index (χ1n) is 11.1. The largest absolute Gasteiger partial charge is 0.454 e. The van der Waals surface area contributed by atoms with Crippen LogP contribution in [0, 0.1) is 5.41 Å². The summed E-state index contributed by atoms with van der Waals surface area (Å²) < 4.78 is 5.63. The molecule has 5 rings (SSSR count). The highest BCUT2D eigenvalue weighted by molar-refractivity contribution is 6.05. The van der Waals surface area contributed by atoms with Gasteiger partial charge in [-0.1, -0.05) is 32.0 Å². The number of nitrogens with two attached hydrogens (primary N) is 2. The molecule has 12 heteroatoms.